The molecule has 1 aliphatic rings. The average Bonchev–Trinajstić information content (AvgIpc) is 3.21. The Morgan fingerprint density at radius 3 is 2.38 bits per heavy atom. The van der Waals surface area contributed by atoms with Crippen molar-refractivity contribution in [3.05, 3.63) is 63.7 Å². The second-order valence-corrected chi connectivity index (χ2v) is 10.7. The van der Waals surface area contributed by atoms with Gasteiger partial charge >= 0.3 is 0 Å². The number of halogens is 3. The smallest absolute Gasteiger partial charge is 0.185 e. The molecule has 1 aromatic heterocycles. The van der Waals surface area contributed by atoms with Crippen molar-refractivity contribution in [2.75, 3.05) is 18.0 Å². The van der Waals surface area contributed by atoms with Crippen LogP contribution in [0, 0.1) is 5.82 Å². The van der Waals surface area contributed by atoms with Crippen LogP contribution in [0.4, 0.5) is 9.52 Å². The highest BCUT2D eigenvalue weighted by Gasteiger charge is 2.32. The molecule has 29 heavy (non-hydrogen) atoms. The van der Waals surface area contributed by atoms with Gasteiger partial charge in [0.05, 0.1) is 25.9 Å². The number of aromatic nitrogens is 1. The van der Waals surface area contributed by atoms with E-state index in [-0.39, 0.29) is 4.90 Å². The highest BCUT2D eigenvalue weighted by Crippen LogP contribution is 2.33. The van der Waals surface area contributed by atoms with Crippen LogP contribution in [-0.4, -0.2) is 31.7 Å². The first kappa shape index (κ1) is 20.6. The van der Waals surface area contributed by atoms with Gasteiger partial charge in [0.15, 0.2) is 15.0 Å². The fourth-order valence-corrected chi connectivity index (χ4v) is 6.29. The standard InChI is InChI=1S/C20H17Cl2FN2O2S2/c21-17-6-1-13(11-18(17)22)19-12-28-20(24-19)25-9-7-16(8-10-25)29(26,27)15-4-2-14(23)3-5-15/h1-6,11-12,16H,7-10H2. The molecule has 4 nitrogen and oxygen atoms in total. The summed E-state index contributed by atoms with van der Waals surface area (Å²) in [5, 5.41) is 3.30. The van der Waals surface area contributed by atoms with Gasteiger partial charge in [0, 0.05) is 24.0 Å². The Hall–Kier alpha value is -1.67. The molecule has 3 aromatic rings. The summed E-state index contributed by atoms with van der Waals surface area (Å²) in [5.74, 6) is -0.444. The van der Waals surface area contributed by atoms with Gasteiger partial charge in [0.1, 0.15) is 5.82 Å². The van der Waals surface area contributed by atoms with E-state index in [1.807, 2.05) is 11.4 Å². The summed E-state index contributed by atoms with van der Waals surface area (Å²) < 4.78 is 38.7. The van der Waals surface area contributed by atoms with Crippen LogP contribution in [0.25, 0.3) is 11.3 Å². The van der Waals surface area contributed by atoms with Crippen LogP contribution in [0.2, 0.25) is 10.0 Å². The van der Waals surface area contributed by atoms with Gasteiger partial charge < -0.3 is 4.90 Å². The van der Waals surface area contributed by atoms with E-state index in [0.29, 0.717) is 36.0 Å². The van der Waals surface area contributed by atoms with Crippen molar-refractivity contribution in [3.63, 3.8) is 0 Å². The number of thiazole rings is 1. The summed E-state index contributed by atoms with van der Waals surface area (Å²) in [6, 6.07) is 10.4. The Labute approximate surface area is 182 Å². The Bertz CT molecular complexity index is 1130. The molecule has 0 saturated carbocycles. The maximum Gasteiger partial charge on any atom is 0.185 e. The maximum atomic E-state index is 13.1. The monoisotopic (exact) mass is 470 g/mol. The number of benzene rings is 2. The minimum absolute atomic E-state index is 0.175. The van der Waals surface area contributed by atoms with Crippen LogP contribution in [0.5, 0.6) is 0 Å². The second kappa shape index (κ2) is 8.22. The minimum Gasteiger partial charge on any atom is -0.348 e. The highest BCUT2D eigenvalue weighted by atomic mass is 35.5. The lowest BCUT2D eigenvalue weighted by Gasteiger charge is -2.31. The normalized spacial score (nSPS) is 15.6. The van der Waals surface area contributed by atoms with E-state index >= 15 is 0 Å². The molecule has 2 aromatic carbocycles. The number of hydrogen-bond donors (Lipinski definition) is 0. The van der Waals surface area contributed by atoms with E-state index in [1.165, 1.54) is 35.6 Å². The van der Waals surface area contributed by atoms with Crippen molar-refractivity contribution in [2.24, 2.45) is 0 Å². The lowest BCUT2D eigenvalue weighted by atomic mass is 10.1. The summed E-state index contributed by atoms with van der Waals surface area (Å²) in [7, 11) is -3.47. The van der Waals surface area contributed by atoms with E-state index in [9.17, 15) is 12.8 Å². The topological polar surface area (TPSA) is 50.3 Å². The van der Waals surface area contributed by atoms with Crippen molar-refractivity contribution >= 4 is 49.5 Å². The Balaban J connectivity index is 1.45. The zero-order chi connectivity index (χ0) is 20.6. The van der Waals surface area contributed by atoms with Crippen LogP contribution in [0.1, 0.15) is 12.8 Å². The average molecular weight is 471 g/mol. The zero-order valence-electron chi connectivity index (χ0n) is 15.2. The predicted octanol–water partition coefficient (Wildman–Crippen LogP) is 5.70. The summed E-state index contributed by atoms with van der Waals surface area (Å²) in [6.07, 6.45) is 1.00. The molecule has 0 amide bonds. The molecule has 1 saturated heterocycles. The minimum atomic E-state index is -3.47. The van der Waals surface area contributed by atoms with Gasteiger partial charge in [-0.2, -0.15) is 0 Å². The molecule has 1 fully saturated rings. The lowest BCUT2D eigenvalue weighted by Crippen LogP contribution is -2.39. The largest absolute Gasteiger partial charge is 0.348 e. The Kier molecular flexibility index (Phi) is 5.84. The molecule has 4 rings (SSSR count). The number of hydrogen-bond acceptors (Lipinski definition) is 5. The number of rotatable bonds is 4. The molecule has 0 aliphatic carbocycles. The van der Waals surface area contributed by atoms with Crippen molar-refractivity contribution in [1.82, 2.24) is 4.98 Å². The third-order valence-electron chi connectivity index (χ3n) is 5.00. The van der Waals surface area contributed by atoms with E-state index in [4.69, 9.17) is 23.2 Å². The number of piperidine rings is 1. The summed E-state index contributed by atoms with van der Waals surface area (Å²) in [4.78, 5) is 6.96. The van der Waals surface area contributed by atoms with E-state index in [0.717, 1.165) is 16.4 Å². The Morgan fingerprint density at radius 2 is 1.72 bits per heavy atom. The molecule has 0 unspecified atom stereocenters. The van der Waals surface area contributed by atoms with Gasteiger partial charge in [0.2, 0.25) is 0 Å². The van der Waals surface area contributed by atoms with Crippen molar-refractivity contribution in [2.45, 2.75) is 23.0 Å². The molecule has 2 heterocycles. The number of nitrogens with zero attached hydrogens (tertiary/aromatic N) is 2. The summed E-state index contributed by atoms with van der Waals surface area (Å²) in [5.41, 5.74) is 1.69. The summed E-state index contributed by atoms with van der Waals surface area (Å²) in [6.45, 7) is 1.19. The quantitative estimate of drug-likeness (QED) is 0.458. The number of sulfone groups is 1. The third-order valence-corrected chi connectivity index (χ3v) is 8.92. The molecule has 0 bridgehead atoms. The molecule has 0 N–H and O–H groups in total. The summed E-state index contributed by atoms with van der Waals surface area (Å²) >= 11 is 13.6. The molecule has 9 heteroatoms. The first-order valence-electron chi connectivity index (χ1n) is 9.00. The second-order valence-electron chi connectivity index (χ2n) is 6.83. The Morgan fingerprint density at radius 1 is 1.03 bits per heavy atom. The molecular formula is C20H17Cl2FN2O2S2. The van der Waals surface area contributed by atoms with Crippen LogP contribution >= 0.6 is 34.5 Å². The van der Waals surface area contributed by atoms with Gasteiger partial charge in [-0.1, -0.05) is 29.3 Å². The first-order valence-corrected chi connectivity index (χ1v) is 12.2. The van der Waals surface area contributed by atoms with Crippen molar-refractivity contribution in [1.29, 1.82) is 0 Å². The zero-order valence-corrected chi connectivity index (χ0v) is 18.3. The van der Waals surface area contributed by atoms with E-state index in [1.54, 1.807) is 12.1 Å². The third kappa shape index (κ3) is 4.28. The van der Waals surface area contributed by atoms with Gasteiger partial charge in [-0.15, -0.1) is 11.3 Å². The molecule has 0 radical (unpaired) electrons. The fourth-order valence-electron chi connectivity index (χ4n) is 3.37. The van der Waals surface area contributed by atoms with Crippen LogP contribution in [0.3, 0.4) is 0 Å². The van der Waals surface area contributed by atoms with Crippen LogP contribution < -0.4 is 4.90 Å². The predicted molar refractivity (Wildman–Crippen MR) is 116 cm³/mol. The lowest BCUT2D eigenvalue weighted by molar-refractivity contribution is 0.529. The molecule has 152 valence electrons. The first-order chi connectivity index (χ1) is 13.8. The van der Waals surface area contributed by atoms with Gasteiger partial charge in [-0.05, 0) is 49.2 Å². The van der Waals surface area contributed by atoms with Gasteiger partial charge in [-0.25, -0.2) is 17.8 Å². The SMILES string of the molecule is O=S(=O)(c1ccc(F)cc1)C1CCN(c2nc(-c3ccc(Cl)c(Cl)c3)cs2)CC1. The van der Waals surface area contributed by atoms with E-state index < -0.39 is 20.9 Å². The molecule has 0 spiro atoms. The molecular weight excluding hydrogens is 454 g/mol. The molecule has 0 atom stereocenters. The van der Waals surface area contributed by atoms with Gasteiger partial charge in [0.25, 0.3) is 0 Å². The van der Waals surface area contributed by atoms with Crippen LogP contribution in [0.15, 0.2) is 52.7 Å². The highest BCUT2D eigenvalue weighted by molar-refractivity contribution is 7.92. The fraction of sp³-hybridized carbons (Fsp3) is 0.250. The van der Waals surface area contributed by atoms with Crippen molar-refractivity contribution in [3.8, 4) is 11.3 Å². The maximum absolute atomic E-state index is 13.1. The van der Waals surface area contributed by atoms with Gasteiger partial charge in [-0.3, -0.25) is 0 Å². The van der Waals surface area contributed by atoms with Crippen LogP contribution in [-0.2, 0) is 9.84 Å². The van der Waals surface area contributed by atoms with Crippen molar-refractivity contribution < 1.29 is 12.8 Å². The molecule has 1 aliphatic heterocycles. The van der Waals surface area contributed by atoms with E-state index in [2.05, 4.69) is 9.88 Å². The number of anilines is 1.